The molecule has 110 valence electrons. The van der Waals surface area contributed by atoms with E-state index in [1.54, 1.807) is 0 Å². The van der Waals surface area contributed by atoms with Crippen molar-refractivity contribution in [2.75, 3.05) is 0 Å². The van der Waals surface area contributed by atoms with Crippen molar-refractivity contribution in [2.45, 2.75) is 64.4 Å². The average molecular weight is 274 g/mol. The van der Waals surface area contributed by atoms with E-state index in [1.807, 2.05) is 0 Å². The van der Waals surface area contributed by atoms with E-state index in [1.165, 1.54) is 18.4 Å². The minimum absolute atomic E-state index is 0.000685. The number of rotatable bonds is 0. The first-order chi connectivity index (χ1) is 9.59. The molecule has 0 aromatic heterocycles. The van der Waals surface area contributed by atoms with Crippen LogP contribution in [0.4, 0.5) is 0 Å². The number of aliphatic hydroxyl groups is 1. The topological polar surface area (TPSA) is 37.3 Å². The van der Waals surface area contributed by atoms with E-state index in [9.17, 15) is 9.90 Å². The van der Waals surface area contributed by atoms with Gasteiger partial charge >= 0.3 is 0 Å². The fourth-order valence-corrected chi connectivity index (χ4v) is 6.02. The second kappa shape index (κ2) is 4.43. The zero-order valence-corrected chi connectivity index (χ0v) is 12.5. The average Bonchev–Trinajstić information content (AvgIpc) is 2.74. The summed E-state index contributed by atoms with van der Waals surface area (Å²) in [4.78, 5) is 12.3. The number of carbonyl (C=O) groups excluding carboxylic acids is 1. The molecule has 0 heterocycles. The predicted molar refractivity (Wildman–Crippen MR) is 78.1 cm³/mol. The molecule has 2 heteroatoms. The molecule has 6 atom stereocenters. The zero-order chi connectivity index (χ0) is 13.9. The summed E-state index contributed by atoms with van der Waals surface area (Å²) in [7, 11) is 0. The highest BCUT2D eigenvalue weighted by Gasteiger charge is 2.55. The van der Waals surface area contributed by atoms with Crippen LogP contribution in [0.15, 0.2) is 11.6 Å². The number of ketones is 1. The molecular weight excluding hydrogens is 248 g/mol. The van der Waals surface area contributed by atoms with Gasteiger partial charge in [-0.3, -0.25) is 4.79 Å². The van der Waals surface area contributed by atoms with E-state index in [0.717, 1.165) is 56.3 Å². The largest absolute Gasteiger partial charge is 0.393 e. The first-order valence-corrected chi connectivity index (χ1v) is 8.50. The van der Waals surface area contributed by atoms with Crippen molar-refractivity contribution in [1.29, 1.82) is 0 Å². The van der Waals surface area contributed by atoms with Crippen molar-refractivity contribution in [1.82, 2.24) is 0 Å². The van der Waals surface area contributed by atoms with Crippen molar-refractivity contribution >= 4 is 5.78 Å². The molecule has 0 radical (unpaired) electrons. The Balaban J connectivity index is 1.64. The molecule has 0 amide bonds. The van der Waals surface area contributed by atoms with Gasteiger partial charge in [-0.25, -0.2) is 0 Å². The van der Waals surface area contributed by atoms with E-state index in [2.05, 4.69) is 13.0 Å². The van der Waals surface area contributed by atoms with Crippen LogP contribution >= 0.6 is 0 Å². The van der Waals surface area contributed by atoms with Gasteiger partial charge in [0.15, 0.2) is 0 Å². The van der Waals surface area contributed by atoms with E-state index in [-0.39, 0.29) is 11.5 Å². The maximum absolute atomic E-state index is 12.3. The highest BCUT2D eigenvalue weighted by molar-refractivity contribution is 5.87. The molecule has 4 aliphatic rings. The molecule has 0 aromatic carbocycles. The lowest BCUT2D eigenvalue weighted by atomic mass is 9.53. The van der Waals surface area contributed by atoms with Crippen molar-refractivity contribution in [2.24, 2.45) is 29.1 Å². The van der Waals surface area contributed by atoms with Crippen molar-refractivity contribution in [3.63, 3.8) is 0 Å². The Hall–Kier alpha value is -0.630. The second-order valence-corrected chi connectivity index (χ2v) is 7.91. The molecule has 4 aliphatic carbocycles. The van der Waals surface area contributed by atoms with Crippen LogP contribution in [0.3, 0.4) is 0 Å². The number of fused-ring (bicyclic) bond motifs is 5. The molecule has 3 fully saturated rings. The Morgan fingerprint density at radius 3 is 2.90 bits per heavy atom. The molecule has 0 bridgehead atoms. The second-order valence-electron chi connectivity index (χ2n) is 7.91. The lowest BCUT2D eigenvalue weighted by Crippen LogP contribution is -2.46. The van der Waals surface area contributed by atoms with Gasteiger partial charge < -0.3 is 5.11 Å². The van der Waals surface area contributed by atoms with Crippen molar-refractivity contribution < 1.29 is 9.90 Å². The zero-order valence-electron chi connectivity index (χ0n) is 12.5. The third-order valence-electron chi connectivity index (χ3n) is 7.13. The fraction of sp³-hybridized carbons (Fsp3) is 0.833. The summed E-state index contributed by atoms with van der Waals surface area (Å²) in [6, 6.07) is 0. The normalized spacial score (nSPS) is 51.0. The molecule has 6 unspecified atom stereocenters. The Bertz CT molecular complexity index is 466. The van der Waals surface area contributed by atoms with Gasteiger partial charge in [-0.1, -0.05) is 18.6 Å². The summed E-state index contributed by atoms with van der Waals surface area (Å²) in [6.07, 6.45) is 10.9. The number of allylic oxidation sites excluding steroid dienone is 1. The fourth-order valence-electron chi connectivity index (χ4n) is 6.02. The number of hydrogen-bond donors (Lipinski definition) is 1. The lowest BCUT2D eigenvalue weighted by Gasteiger charge is -2.51. The van der Waals surface area contributed by atoms with Gasteiger partial charge in [0.25, 0.3) is 0 Å². The Morgan fingerprint density at radius 2 is 2.05 bits per heavy atom. The minimum atomic E-state index is -0.101. The van der Waals surface area contributed by atoms with Gasteiger partial charge in [0, 0.05) is 11.8 Å². The van der Waals surface area contributed by atoms with Gasteiger partial charge in [0.1, 0.15) is 5.78 Å². The Kier molecular flexibility index (Phi) is 2.89. The van der Waals surface area contributed by atoms with Crippen LogP contribution < -0.4 is 0 Å². The molecular formula is C18H26O2. The standard InChI is InChI=1S/C18H26O2/c1-18-9-8-14-13-5-3-12(19)10-11(13)2-4-15(14)16(18)6-7-17(18)20/h2,12-16,19H,3-10H2,1H3. The summed E-state index contributed by atoms with van der Waals surface area (Å²) in [5, 5.41) is 9.88. The number of hydrogen-bond acceptors (Lipinski definition) is 2. The smallest absolute Gasteiger partial charge is 0.139 e. The number of Topliss-reactive ketones (excluding diaryl/α,β-unsaturated/α-hetero) is 1. The van der Waals surface area contributed by atoms with Crippen LogP contribution in [0.5, 0.6) is 0 Å². The third-order valence-corrected chi connectivity index (χ3v) is 7.13. The van der Waals surface area contributed by atoms with Crippen LogP contribution in [0, 0.1) is 29.1 Å². The highest BCUT2D eigenvalue weighted by Crippen LogP contribution is 2.60. The van der Waals surface area contributed by atoms with Crippen LogP contribution in [-0.4, -0.2) is 17.0 Å². The molecule has 3 saturated carbocycles. The first-order valence-electron chi connectivity index (χ1n) is 8.50. The van der Waals surface area contributed by atoms with Crippen LogP contribution in [-0.2, 0) is 4.79 Å². The quantitative estimate of drug-likeness (QED) is 0.687. The van der Waals surface area contributed by atoms with E-state index in [0.29, 0.717) is 11.7 Å². The molecule has 4 rings (SSSR count). The highest BCUT2D eigenvalue weighted by atomic mass is 16.3. The lowest BCUT2D eigenvalue weighted by molar-refractivity contribution is -0.130. The van der Waals surface area contributed by atoms with Gasteiger partial charge in [-0.05, 0) is 68.6 Å². The monoisotopic (exact) mass is 274 g/mol. The molecule has 0 spiro atoms. The summed E-state index contributed by atoms with van der Waals surface area (Å²) >= 11 is 0. The van der Waals surface area contributed by atoms with Crippen LogP contribution in [0.1, 0.15) is 58.3 Å². The summed E-state index contributed by atoms with van der Waals surface area (Å²) < 4.78 is 0. The summed E-state index contributed by atoms with van der Waals surface area (Å²) in [6.45, 7) is 2.24. The molecule has 2 nitrogen and oxygen atoms in total. The van der Waals surface area contributed by atoms with Crippen LogP contribution in [0.2, 0.25) is 0 Å². The van der Waals surface area contributed by atoms with Crippen molar-refractivity contribution in [3.8, 4) is 0 Å². The first kappa shape index (κ1) is 13.1. The summed E-state index contributed by atoms with van der Waals surface area (Å²) in [5.41, 5.74) is 1.54. The Labute approximate surface area is 121 Å². The molecule has 1 N–H and O–H groups in total. The SMILES string of the molecule is CC12CCC3C4CCC(O)CC4=CCC3C1CCC2=O. The van der Waals surface area contributed by atoms with Gasteiger partial charge in [-0.2, -0.15) is 0 Å². The maximum atomic E-state index is 12.3. The van der Waals surface area contributed by atoms with Gasteiger partial charge in [0.2, 0.25) is 0 Å². The number of carbonyl (C=O) groups is 1. The van der Waals surface area contributed by atoms with Crippen molar-refractivity contribution in [3.05, 3.63) is 11.6 Å². The third kappa shape index (κ3) is 1.70. The predicted octanol–water partition coefficient (Wildman–Crippen LogP) is 3.49. The Morgan fingerprint density at radius 1 is 1.20 bits per heavy atom. The van der Waals surface area contributed by atoms with Gasteiger partial charge in [0.05, 0.1) is 6.10 Å². The molecule has 0 saturated heterocycles. The molecule has 0 aliphatic heterocycles. The molecule has 20 heavy (non-hydrogen) atoms. The van der Waals surface area contributed by atoms with Crippen LogP contribution in [0.25, 0.3) is 0 Å². The van der Waals surface area contributed by atoms with Gasteiger partial charge in [-0.15, -0.1) is 0 Å². The van der Waals surface area contributed by atoms with E-state index in [4.69, 9.17) is 0 Å². The molecule has 0 aromatic rings. The number of aliphatic hydroxyl groups excluding tert-OH is 1. The maximum Gasteiger partial charge on any atom is 0.139 e. The van der Waals surface area contributed by atoms with E-state index < -0.39 is 0 Å². The summed E-state index contributed by atoms with van der Waals surface area (Å²) in [5.74, 6) is 3.43. The minimum Gasteiger partial charge on any atom is -0.393 e. The van der Waals surface area contributed by atoms with E-state index >= 15 is 0 Å².